The van der Waals surface area contributed by atoms with Crippen molar-refractivity contribution in [1.82, 2.24) is 4.31 Å². The summed E-state index contributed by atoms with van der Waals surface area (Å²) in [5.41, 5.74) is 1.42. The molecule has 166 valence electrons. The maximum Gasteiger partial charge on any atom is 0.342 e. The summed E-state index contributed by atoms with van der Waals surface area (Å²) in [5.74, 6) is -0.978. The first-order chi connectivity index (χ1) is 14.8. The Bertz CT molecular complexity index is 1040. The number of carbonyl (C=O) groups is 2. The van der Waals surface area contributed by atoms with Gasteiger partial charge >= 0.3 is 5.97 Å². The molecule has 2 aromatic carbocycles. The van der Waals surface area contributed by atoms with Crippen molar-refractivity contribution in [2.24, 2.45) is 0 Å². The molecule has 0 atom stereocenters. The Morgan fingerprint density at radius 3 is 2.23 bits per heavy atom. The number of ketones is 1. The number of benzene rings is 2. The van der Waals surface area contributed by atoms with E-state index < -0.39 is 22.6 Å². The Morgan fingerprint density at radius 2 is 1.61 bits per heavy atom. The Balaban J connectivity index is 1.78. The van der Waals surface area contributed by atoms with Crippen molar-refractivity contribution >= 4 is 21.8 Å². The van der Waals surface area contributed by atoms with Gasteiger partial charge < -0.3 is 9.47 Å². The SMILES string of the molecule is COc1ccc(S(=O)(=O)N2CCCCCC2)cc1C(=O)OCC(=O)c1ccc(C)cc1. The average molecular weight is 446 g/mol. The molecule has 0 aromatic heterocycles. The largest absolute Gasteiger partial charge is 0.496 e. The lowest BCUT2D eigenvalue weighted by atomic mass is 10.1. The Kier molecular flexibility index (Phi) is 7.46. The van der Waals surface area contributed by atoms with E-state index in [-0.39, 0.29) is 22.0 Å². The number of hydrogen-bond acceptors (Lipinski definition) is 6. The van der Waals surface area contributed by atoms with Crippen LogP contribution in [-0.2, 0) is 14.8 Å². The number of carbonyl (C=O) groups excluding carboxylic acids is 2. The normalized spacial score (nSPS) is 15.2. The van der Waals surface area contributed by atoms with E-state index in [0.29, 0.717) is 18.7 Å². The van der Waals surface area contributed by atoms with Crippen LogP contribution in [0.1, 0.15) is 52.0 Å². The van der Waals surface area contributed by atoms with Crippen molar-refractivity contribution < 1.29 is 27.5 Å². The van der Waals surface area contributed by atoms with Crippen molar-refractivity contribution in [3.05, 3.63) is 59.2 Å². The molecular weight excluding hydrogens is 418 g/mol. The number of Topliss-reactive ketones (excluding diaryl/α,β-unsaturated/α-hetero) is 1. The highest BCUT2D eigenvalue weighted by Gasteiger charge is 2.27. The maximum atomic E-state index is 13.1. The summed E-state index contributed by atoms with van der Waals surface area (Å²) in [5, 5.41) is 0. The number of methoxy groups -OCH3 is 1. The first-order valence-corrected chi connectivity index (χ1v) is 11.7. The highest BCUT2D eigenvalue weighted by molar-refractivity contribution is 7.89. The van der Waals surface area contributed by atoms with E-state index in [9.17, 15) is 18.0 Å². The lowest BCUT2D eigenvalue weighted by Crippen LogP contribution is -2.32. The van der Waals surface area contributed by atoms with Crippen LogP contribution in [0.25, 0.3) is 0 Å². The summed E-state index contributed by atoms with van der Waals surface area (Å²) in [6, 6.07) is 11.1. The molecule has 31 heavy (non-hydrogen) atoms. The smallest absolute Gasteiger partial charge is 0.342 e. The van der Waals surface area contributed by atoms with E-state index in [1.807, 2.05) is 6.92 Å². The molecule has 2 aromatic rings. The Labute approximate surface area is 183 Å². The van der Waals surface area contributed by atoms with Gasteiger partial charge in [-0.15, -0.1) is 0 Å². The van der Waals surface area contributed by atoms with Crippen molar-refractivity contribution in [3.8, 4) is 5.75 Å². The fourth-order valence-corrected chi connectivity index (χ4v) is 5.01. The zero-order chi connectivity index (χ0) is 22.4. The monoisotopic (exact) mass is 445 g/mol. The minimum Gasteiger partial charge on any atom is -0.496 e. The third-order valence-corrected chi connectivity index (χ3v) is 7.20. The molecule has 0 spiro atoms. The molecule has 1 saturated heterocycles. The van der Waals surface area contributed by atoms with Crippen molar-refractivity contribution in [2.45, 2.75) is 37.5 Å². The number of rotatable bonds is 7. The summed E-state index contributed by atoms with van der Waals surface area (Å²) >= 11 is 0. The minimum absolute atomic E-state index is 0.00649. The second kappa shape index (κ2) is 10.1. The van der Waals surface area contributed by atoms with Gasteiger partial charge in [-0.25, -0.2) is 13.2 Å². The van der Waals surface area contributed by atoms with Gasteiger partial charge in [0.15, 0.2) is 12.4 Å². The summed E-state index contributed by atoms with van der Waals surface area (Å²) in [6.45, 7) is 2.37. The first kappa shape index (κ1) is 23.0. The number of sulfonamides is 1. The van der Waals surface area contributed by atoms with Crippen LogP contribution in [0.3, 0.4) is 0 Å². The average Bonchev–Trinajstić information content (AvgIpc) is 3.07. The molecule has 1 heterocycles. The van der Waals surface area contributed by atoms with E-state index in [1.54, 1.807) is 24.3 Å². The number of nitrogens with zero attached hydrogens (tertiary/aromatic N) is 1. The van der Waals surface area contributed by atoms with Crippen LogP contribution in [0.5, 0.6) is 5.75 Å². The zero-order valence-corrected chi connectivity index (χ0v) is 18.6. The molecule has 8 heteroatoms. The van der Waals surface area contributed by atoms with Gasteiger partial charge in [0, 0.05) is 18.7 Å². The molecular formula is C23H27NO6S. The molecule has 0 N–H and O–H groups in total. The fourth-order valence-electron chi connectivity index (χ4n) is 3.47. The van der Waals surface area contributed by atoms with Crippen molar-refractivity contribution in [1.29, 1.82) is 0 Å². The van der Waals surface area contributed by atoms with Crippen molar-refractivity contribution in [2.75, 3.05) is 26.8 Å². The topological polar surface area (TPSA) is 90.0 Å². The molecule has 1 aliphatic heterocycles. The summed E-state index contributed by atoms with van der Waals surface area (Å²) in [4.78, 5) is 25.0. The van der Waals surface area contributed by atoms with Crippen LogP contribution in [0.15, 0.2) is 47.4 Å². The molecule has 7 nitrogen and oxygen atoms in total. The van der Waals surface area contributed by atoms with Crippen LogP contribution in [0.2, 0.25) is 0 Å². The molecule has 1 fully saturated rings. The molecule has 0 aliphatic carbocycles. The third kappa shape index (κ3) is 5.51. The van der Waals surface area contributed by atoms with Crippen LogP contribution in [0.4, 0.5) is 0 Å². The van der Waals surface area contributed by atoms with Crippen LogP contribution < -0.4 is 4.74 Å². The van der Waals surface area contributed by atoms with Gasteiger partial charge in [0.2, 0.25) is 10.0 Å². The van der Waals surface area contributed by atoms with Crippen LogP contribution in [0, 0.1) is 6.92 Å². The summed E-state index contributed by atoms with van der Waals surface area (Å²) in [6.07, 6.45) is 3.62. The van der Waals surface area contributed by atoms with Gasteiger partial charge in [-0.1, -0.05) is 42.7 Å². The second-order valence-corrected chi connectivity index (χ2v) is 9.48. The van der Waals surface area contributed by atoms with Gasteiger partial charge in [0.05, 0.1) is 12.0 Å². The summed E-state index contributed by atoms with van der Waals surface area (Å²) in [7, 11) is -2.36. The molecule has 3 rings (SSSR count). The van der Waals surface area contributed by atoms with Crippen LogP contribution >= 0.6 is 0 Å². The maximum absolute atomic E-state index is 13.1. The summed E-state index contributed by atoms with van der Waals surface area (Å²) < 4.78 is 38.0. The zero-order valence-electron chi connectivity index (χ0n) is 17.8. The molecule has 0 unspecified atom stereocenters. The highest BCUT2D eigenvalue weighted by Crippen LogP contribution is 2.27. The van der Waals surface area contributed by atoms with E-state index >= 15 is 0 Å². The second-order valence-electron chi connectivity index (χ2n) is 7.55. The predicted octanol–water partition coefficient (Wildman–Crippen LogP) is 3.61. The number of esters is 1. The Hall–Kier alpha value is -2.71. The Morgan fingerprint density at radius 1 is 0.968 bits per heavy atom. The van der Waals surface area contributed by atoms with E-state index in [4.69, 9.17) is 9.47 Å². The van der Waals surface area contributed by atoms with E-state index in [1.165, 1.54) is 29.6 Å². The van der Waals surface area contributed by atoms with Gasteiger partial charge in [-0.05, 0) is 38.0 Å². The van der Waals surface area contributed by atoms with Crippen molar-refractivity contribution in [3.63, 3.8) is 0 Å². The van der Waals surface area contributed by atoms with Gasteiger partial charge in [-0.2, -0.15) is 4.31 Å². The lowest BCUT2D eigenvalue weighted by Gasteiger charge is -2.20. The first-order valence-electron chi connectivity index (χ1n) is 10.3. The molecule has 0 bridgehead atoms. The van der Waals surface area contributed by atoms with Gasteiger partial charge in [-0.3, -0.25) is 4.79 Å². The van der Waals surface area contributed by atoms with Gasteiger partial charge in [0.1, 0.15) is 11.3 Å². The number of aryl methyl sites for hydroxylation is 1. The minimum atomic E-state index is -3.74. The molecule has 0 saturated carbocycles. The van der Waals surface area contributed by atoms with E-state index in [0.717, 1.165) is 31.2 Å². The number of ether oxygens (including phenoxy) is 2. The number of hydrogen-bond donors (Lipinski definition) is 0. The lowest BCUT2D eigenvalue weighted by molar-refractivity contribution is 0.0471. The van der Waals surface area contributed by atoms with Gasteiger partial charge in [0.25, 0.3) is 0 Å². The molecule has 0 amide bonds. The quantitative estimate of drug-likeness (QED) is 0.478. The highest BCUT2D eigenvalue weighted by atomic mass is 32.2. The third-order valence-electron chi connectivity index (χ3n) is 5.30. The molecule has 1 aliphatic rings. The van der Waals surface area contributed by atoms with E-state index in [2.05, 4.69) is 0 Å². The molecule has 0 radical (unpaired) electrons. The fraction of sp³-hybridized carbons (Fsp3) is 0.391. The standard InChI is InChI=1S/C23H27NO6S/c1-17-7-9-18(10-8-17)21(25)16-30-23(26)20-15-19(11-12-22(20)29-2)31(27,28)24-13-5-3-4-6-14-24/h7-12,15H,3-6,13-14,16H2,1-2H3. The predicted molar refractivity (Wildman–Crippen MR) is 116 cm³/mol. The van der Waals surface area contributed by atoms with Crippen LogP contribution in [-0.4, -0.2) is 51.3 Å².